The Morgan fingerprint density at radius 3 is 1.68 bits per heavy atom. The molecule has 3 heteroatoms. The molecule has 3 aromatic heterocycles. The van der Waals surface area contributed by atoms with E-state index in [0.29, 0.717) is 0 Å². The fourth-order valence-corrected chi connectivity index (χ4v) is 7.52. The SMILES string of the molecule is O=c1c2ccc(-c3cc(-n4c5ccccc5c5ccccc54)c4ccccc4c3)cc2c2cccc3c4ccccc4n1c23. The van der Waals surface area contributed by atoms with Crippen molar-refractivity contribution in [2.24, 2.45) is 0 Å². The van der Waals surface area contributed by atoms with Crippen molar-refractivity contribution >= 4 is 70.5 Å². The summed E-state index contributed by atoms with van der Waals surface area (Å²) in [6, 6.07) is 51.4. The molecule has 0 spiro atoms. The first-order chi connectivity index (χ1) is 21.8. The van der Waals surface area contributed by atoms with Crippen molar-refractivity contribution in [2.75, 3.05) is 0 Å². The number of rotatable bonds is 2. The van der Waals surface area contributed by atoms with E-state index in [9.17, 15) is 4.79 Å². The van der Waals surface area contributed by atoms with Crippen LogP contribution in [0.15, 0.2) is 150 Å². The molecule has 204 valence electrons. The summed E-state index contributed by atoms with van der Waals surface area (Å²) in [5, 5.41) is 9.90. The number of nitrogens with zero attached hydrogens (tertiary/aromatic N) is 2. The Kier molecular flexibility index (Phi) is 4.59. The molecule has 0 N–H and O–H groups in total. The summed E-state index contributed by atoms with van der Waals surface area (Å²) >= 11 is 0. The number of hydrogen-bond acceptors (Lipinski definition) is 1. The zero-order chi connectivity index (χ0) is 28.9. The Hall–Kier alpha value is -5.93. The molecule has 44 heavy (non-hydrogen) atoms. The minimum atomic E-state index is 0.0286. The second kappa shape index (κ2) is 8.56. The van der Waals surface area contributed by atoms with Gasteiger partial charge in [0.25, 0.3) is 5.56 Å². The summed E-state index contributed by atoms with van der Waals surface area (Å²) in [7, 11) is 0. The smallest absolute Gasteiger partial charge is 0.263 e. The zero-order valence-corrected chi connectivity index (χ0v) is 23.7. The molecule has 0 aliphatic rings. The molecular weight excluding hydrogens is 536 g/mol. The van der Waals surface area contributed by atoms with Crippen molar-refractivity contribution in [3.05, 3.63) is 156 Å². The van der Waals surface area contributed by atoms with Crippen molar-refractivity contribution in [2.45, 2.75) is 0 Å². The van der Waals surface area contributed by atoms with Gasteiger partial charge in [-0.3, -0.25) is 9.20 Å². The van der Waals surface area contributed by atoms with Gasteiger partial charge in [-0.25, -0.2) is 0 Å². The Bertz CT molecular complexity index is 2800. The van der Waals surface area contributed by atoms with Gasteiger partial charge in [0.05, 0.1) is 27.8 Å². The highest BCUT2D eigenvalue weighted by Gasteiger charge is 2.18. The van der Waals surface area contributed by atoms with Crippen LogP contribution in [0.25, 0.3) is 87.4 Å². The van der Waals surface area contributed by atoms with E-state index >= 15 is 0 Å². The first kappa shape index (κ1) is 23.6. The molecule has 0 fully saturated rings. The molecule has 3 nitrogen and oxygen atoms in total. The molecule has 7 aromatic carbocycles. The molecule has 0 radical (unpaired) electrons. The van der Waals surface area contributed by atoms with Crippen LogP contribution in [0.4, 0.5) is 0 Å². The number of hydrogen-bond donors (Lipinski definition) is 0. The van der Waals surface area contributed by atoms with Crippen LogP contribution < -0.4 is 5.56 Å². The van der Waals surface area contributed by atoms with Crippen molar-refractivity contribution in [3.63, 3.8) is 0 Å². The maximum atomic E-state index is 14.0. The molecule has 10 rings (SSSR count). The van der Waals surface area contributed by atoms with Crippen molar-refractivity contribution < 1.29 is 0 Å². The molecule has 10 aromatic rings. The van der Waals surface area contributed by atoms with Gasteiger partial charge in [0, 0.05) is 37.7 Å². The van der Waals surface area contributed by atoms with Gasteiger partial charge in [0.1, 0.15) is 0 Å². The summed E-state index contributed by atoms with van der Waals surface area (Å²) < 4.78 is 4.30. The van der Waals surface area contributed by atoms with Gasteiger partial charge in [-0.05, 0) is 64.4 Å². The average molecular weight is 561 g/mol. The Morgan fingerprint density at radius 1 is 0.386 bits per heavy atom. The highest BCUT2D eigenvalue weighted by Crippen LogP contribution is 2.39. The fourth-order valence-electron chi connectivity index (χ4n) is 7.52. The molecule has 0 saturated heterocycles. The second-order valence-electron chi connectivity index (χ2n) is 11.7. The molecule has 0 unspecified atom stereocenters. The van der Waals surface area contributed by atoms with Crippen molar-refractivity contribution in [1.82, 2.24) is 8.97 Å². The monoisotopic (exact) mass is 560 g/mol. The van der Waals surface area contributed by atoms with Gasteiger partial charge in [-0.2, -0.15) is 0 Å². The van der Waals surface area contributed by atoms with E-state index in [1.54, 1.807) is 0 Å². The van der Waals surface area contributed by atoms with Crippen LogP contribution >= 0.6 is 0 Å². The number of pyridine rings is 1. The van der Waals surface area contributed by atoms with Gasteiger partial charge in [-0.1, -0.05) is 103 Å². The average Bonchev–Trinajstić information content (AvgIpc) is 3.60. The third kappa shape index (κ3) is 3.03. The lowest BCUT2D eigenvalue weighted by molar-refractivity contribution is 1.20. The predicted octanol–water partition coefficient (Wildman–Crippen LogP) is 10.1. The summed E-state index contributed by atoms with van der Waals surface area (Å²) in [4.78, 5) is 14.0. The zero-order valence-electron chi connectivity index (χ0n) is 23.7. The number of para-hydroxylation sites is 4. The van der Waals surface area contributed by atoms with E-state index < -0.39 is 0 Å². The first-order valence-electron chi connectivity index (χ1n) is 15.0. The predicted molar refractivity (Wildman–Crippen MR) is 185 cm³/mol. The van der Waals surface area contributed by atoms with E-state index in [2.05, 4.69) is 126 Å². The summed E-state index contributed by atoms with van der Waals surface area (Å²) in [5.74, 6) is 0. The second-order valence-corrected chi connectivity index (χ2v) is 11.7. The largest absolute Gasteiger partial charge is 0.309 e. The molecule has 0 saturated carbocycles. The third-order valence-electron chi connectivity index (χ3n) is 9.43. The van der Waals surface area contributed by atoms with Crippen LogP contribution in [-0.2, 0) is 0 Å². The lowest BCUT2D eigenvalue weighted by Crippen LogP contribution is -2.12. The van der Waals surface area contributed by atoms with Crippen LogP contribution in [-0.4, -0.2) is 8.97 Å². The van der Waals surface area contributed by atoms with E-state index in [-0.39, 0.29) is 5.56 Å². The van der Waals surface area contributed by atoms with Gasteiger partial charge in [0.2, 0.25) is 0 Å². The summed E-state index contributed by atoms with van der Waals surface area (Å²) in [5.41, 5.74) is 7.71. The van der Waals surface area contributed by atoms with Crippen LogP contribution in [0.5, 0.6) is 0 Å². The van der Waals surface area contributed by atoms with Crippen molar-refractivity contribution in [1.29, 1.82) is 0 Å². The van der Waals surface area contributed by atoms with Gasteiger partial charge in [-0.15, -0.1) is 0 Å². The fraction of sp³-hybridized carbons (Fsp3) is 0. The van der Waals surface area contributed by atoms with Crippen LogP contribution in [0, 0.1) is 0 Å². The molecule has 0 atom stereocenters. The Morgan fingerprint density at radius 2 is 0.955 bits per heavy atom. The van der Waals surface area contributed by atoms with E-state index in [4.69, 9.17) is 0 Å². The maximum absolute atomic E-state index is 14.0. The summed E-state index contributed by atoms with van der Waals surface area (Å²) in [6.45, 7) is 0. The van der Waals surface area contributed by atoms with Crippen molar-refractivity contribution in [3.8, 4) is 16.8 Å². The van der Waals surface area contributed by atoms with E-state index in [0.717, 1.165) is 54.8 Å². The Labute approximate surface area is 251 Å². The molecule has 0 amide bonds. The van der Waals surface area contributed by atoms with Gasteiger partial charge < -0.3 is 4.57 Å². The van der Waals surface area contributed by atoms with Gasteiger partial charge in [0.15, 0.2) is 0 Å². The van der Waals surface area contributed by atoms with E-state index in [1.165, 1.54) is 32.6 Å². The van der Waals surface area contributed by atoms with E-state index in [1.807, 2.05) is 28.7 Å². The lowest BCUT2D eigenvalue weighted by Gasteiger charge is -2.15. The molecule has 0 aliphatic carbocycles. The highest BCUT2D eigenvalue weighted by atomic mass is 16.1. The van der Waals surface area contributed by atoms with Crippen LogP contribution in [0.1, 0.15) is 0 Å². The Balaban J connectivity index is 1.30. The minimum Gasteiger partial charge on any atom is -0.309 e. The number of fused-ring (bicyclic) bond motifs is 9. The minimum absolute atomic E-state index is 0.0286. The third-order valence-corrected chi connectivity index (χ3v) is 9.43. The first-order valence-corrected chi connectivity index (χ1v) is 15.0. The lowest BCUT2D eigenvalue weighted by atomic mass is 9.96. The quantitative estimate of drug-likeness (QED) is 0.193. The molecule has 0 aliphatic heterocycles. The summed E-state index contributed by atoms with van der Waals surface area (Å²) in [6.07, 6.45) is 0. The van der Waals surface area contributed by atoms with Crippen LogP contribution in [0.2, 0.25) is 0 Å². The molecular formula is C41H24N2O. The maximum Gasteiger partial charge on any atom is 0.263 e. The topological polar surface area (TPSA) is 26.4 Å². The normalized spacial score (nSPS) is 12.2. The van der Waals surface area contributed by atoms with Crippen LogP contribution in [0.3, 0.4) is 0 Å². The number of aromatic nitrogens is 2. The standard InChI is InChI=1S/C41H24N2O/c44-41-34-21-20-25(23-35(34)33-16-9-15-32-31-14-5-8-19-38(31)43(41)40(32)33)27-22-26-10-1-2-11-28(26)39(24-27)42-36-17-6-3-12-29(36)30-13-4-7-18-37(30)42/h1-24H. The molecule has 0 bridgehead atoms. The molecule has 3 heterocycles. The van der Waals surface area contributed by atoms with Gasteiger partial charge >= 0.3 is 0 Å². The highest BCUT2D eigenvalue weighted by molar-refractivity contribution is 6.20. The number of benzene rings is 7.